The summed E-state index contributed by atoms with van der Waals surface area (Å²) in [6, 6.07) is 14.1. The van der Waals surface area contributed by atoms with Gasteiger partial charge in [-0.15, -0.1) is 0 Å². The first kappa shape index (κ1) is 14.3. The molecule has 21 heavy (non-hydrogen) atoms. The van der Waals surface area contributed by atoms with E-state index < -0.39 is 6.10 Å². The molecule has 2 aromatic rings. The van der Waals surface area contributed by atoms with E-state index in [4.69, 9.17) is 4.74 Å². The van der Waals surface area contributed by atoms with Gasteiger partial charge >= 0.3 is 0 Å². The maximum Gasteiger partial charge on any atom is 0.263 e. The summed E-state index contributed by atoms with van der Waals surface area (Å²) in [6.45, 7) is 3.49. The zero-order chi connectivity index (χ0) is 14.7. The van der Waals surface area contributed by atoms with Gasteiger partial charge in [0.15, 0.2) is 6.10 Å². The van der Waals surface area contributed by atoms with E-state index in [1.807, 2.05) is 53.9 Å². The fourth-order valence-electron chi connectivity index (χ4n) is 2.54. The minimum Gasteiger partial charge on any atom is -0.481 e. The number of hydrogen-bond donors (Lipinski definition) is 0. The van der Waals surface area contributed by atoms with Crippen molar-refractivity contribution < 1.29 is 9.53 Å². The Labute approximate surface area is 129 Å². The highest BCUT2D eigenvalue weighted by molar-refractivity contribution is 7.99. The Morgan fingerprint density at radius 3 is 2.62 bits per heavy atom. The summed E-state index contributed by atoms with van der Waals surface area (Å²) < 4.78 is 5.84. The second kappa shape index (κ2) is 6.39. The normalized spacial score (nSPS) is 16.7. The molecule has 0 aliphatic carbocycles. The van der Waals surface area contributed by atoms with E-state index in [9.17, 15) is 4.79 Å². The number of carbonyl (C=O) groups is 1. The van der Waals surface area contributed by atoms with Crippen LogP contribution < -0.4 is 4.74 Å². The van der Waals surface area contributed by atoms with E-state index in [0.29, 0.717) is 0 Å². The number of hydrogen-bond acceptors (Lipinski definition) is 3. The number of rotatable bonds is 3. The van der Waals surface area contributed by atoms with E-state index in [1.54, 1.807) is 0 Å². The third-order valence-corrected chi connectivity index (χ3v) is 4.65. The standard InChI is InChI=1S/C17H19NO2S/c1-13(17(19)18-8-10-21-11-9-18)20-16-7-6-14-4-2-3-5-15(14)12-16/h2-7,12-13H,8-11H2,1H3/t13-/m0/s1. The molecule has 0 aromatic heterocycles. The minimum atomic E-state index is -0.436. The molecule has 1 heterocycles. The molecule has 3 nitrogen and oxygen atoms in total. The van der Waals surface area contributed by atoms with Gasteiger partial charge in [0, 0.05) is 24.6 Å². The van der Waals surface area contributed by atoms with E-state index in [-0.39, 0.29) is 5.91 Å². The monoisotopic (exact) mass is 301 g/mol. The highest BCUT2D eigenvalue weighted by Gasteiger charge is 2.23. The Bertz CT molecular complexity index is 637. The van der Waals surface area contributed by atoms with Gasteiger partial charge < -0.3 is 9.64 Å². The smallest absolute Gasteiger partial charge is 0.263 e. The number of benzene rings is 2. The van der Waals surface area contributed by atoms with Crippen LogP contribution in [0.15, 0.2) is 42.5 Å². The molecule has 0 spiro atoms. The number of amides is 1. The molecule has 0 radical (unpaired) electrons. The first-order valence-electron chi connectivity index (χ1n) is 7.26. The van der Waals surface area contributed by atoms with Crippen molar-refractivity contribution in [2.24, 2.45) is 0 Å². The first-order valence-corrected chi connectivity index (χ1v) is 8.41. The second-order valence-electron chi connectivity index (χ2n) is 5.21. The largest absolute Gasteiger partial charge is 0.481 e. The van der Waals surface area contributed by atoms with Crippen molar-refractivity contribution in [1.82, 2.24) is 4.90 Å². The van der Waals surface area contributed by atoms with Crippen molar-refractivity contribution in [3.05, 3.63) is 42.5 Å². The molecular formula is C17H19NO2S. The summed E-state index contributed by atoms with van der Waals surface area (Å²) in [5, 5.41) is 2.31. The lowest BCUT2D eigenvalue weighted by Gasteiger charge is -2.29. The Kier molecular flexibility index (Phi) is 4.34. The fraction of sp³-hybridized carbons (Fsp3) is 0.353. The third kappa shape index (κ3) is 3.32. The van der Waals surface area contributed by atoms with Gasteiger partial charge in [0.05, 0.1) is 0 Å². The fourth-order valence-corrected chi connectivity index (χ4v) is 3.44. The van der Waals surface area contributed by atoms with Crippen molar-refractivity contribution in [2.45, 2.75) is 13.0 Å². The maximum atomic E-state index is 12.4. The van der Waals surface area contributed by atoms with Crippen LogP contribution >= 0.6 is 11.8 Å². The van der Waals surface area contributed by atoms with E-state index in [2.05, 4.69) is 12.1 Å². The summed E-state index contributed by atoms with van der Waals surface area (Å²) >= 11 is 1.90. The molecule has 1 fully saturated rings. The molecule has 1 saturated heterocycles. The van der Waals surface area contributed by atoms with Crippen molar-refractivity contribution in [1.29, 1.82) is 0 Å². The Balaban J connectivity index is 1.70. The van der Waals surface area contributed by atoms with Crippen molar-refractivity contribution in [2.75, 3.05) is 24.6 Å². The van der Waals surface area contributed by atoms with E-state index >= 15 is 0 Å². The number of thioether (sulfide) groups is 1. The van der Waals surface area contributed by atoms with E-state index in [0.717, 1.165) is 35.7 Å². The van der Waals surface area contributed by atoms with E-state index in [1.165, 1.54) is 5.39 Å². The molecule has 2 aromatic carbocycles. The van der Waals surface area contributed by atoms with Crippen LogP contribution in [-0.4, -0.2) is 41.5 Å². The molecule has 3 rings (SSSR count). The van der Waals surface area contributed by atoms with Crippen LogP contribution in [0, 0.1) is 0 Å². The predicted molar refractivity (Wildman–Crippen MR) is 87.9 cm³/mol. The van der Waals surface area contributed by atoms with Crippen LogP contribution in [0.2, 0.25) is 0 Å². The van der Waals surface area contributed by atoms with Gasteiger partial charge in [-0.2, -0.15) is 11.8 Å². The molecule has 1 aliphatic heterocycles. The van der Waals surface area contributed by atoms with Crippen LogP contribution in [0.3, 0.4) is 0 Å². The summed E-state index contributed by atoms with van der Waals surface area (Å²) in [6.07, 6.45) is -0.436. The Morgan fingerprint density at radius 1 is 1.14 bits per heavy atom. The second-order valence-corrected chi connectivity index (χ2v) is 6.43. The average Bonchev–Trinajstić information content (AvgIpc) is 2.55. The summed E-state index contributed by atoms with van der Waals surface area (Å²) in [7, 11) is 0. The molecule has 0 unspecified atom stereocenters. The van der Waals surface area contributed by atoms with Gasteiger partial charge in [0.1, 0.15) is 5.75 Å². The van der Waals surface area contributed by atoms with Gasteiger partial charge in [-0.25, -0.2) is 0 Å². The van der Waals surface area contributed by atoms with Gasteiger partial charge in [0.2, 0.25) is 0 Å². The maximum absolute atomic E-state index is 12.4. The lowest BCUT2D eigenvalue weighted by atomic mass is 10.1. The molecule has 1 atom stereocenters. The Hall–Kier alpha value is -1.68. The zero-order valence-corrected chi connectivity index (χ0v) is 12.9. The predicted octanol–water partition coefficient (Wildman–Crippen LogP) is 3.18. The van der Waals surface area contributed by atoms with Gasteiger partial charge in [0.25, 0.3) is 5.91 Å². The first-order chi connectivity index (χ1) is 10.2. The number of carbonyl (C=O) groups excluding carboxylic acids is 1. The molecule has 0 N–H and O–H groups in total. The van der Waals surface area contributed by atoms with Crippen LogP contribution in [-0.2, 0) is 4.79 Å². The quantitative estimate of drug-likeness (QED) is 0.872. The summed E-state index contributed by atoms with van der Waals surface area (Å²) in [4.78, 5) is 14.3. The van der Waals surface area contributed by atoms with Crippen molar-refractivity contribution in [3.63, 3.8) is 0 Å². The molecule has 0 bridgehead atoms. The molecule has 110 valence electrons. The molecule has 1 aliphatic rings. The number of nitrogens with zero attached hydrogens (tertiary/aromatic N) is 1. The summed E-state index contributed by atoms with van der Waals surface area (Å²) in [5.41, 5.74) is 0. The number of ether oxygens (including phenoxy) is 1. The lowest BCUT2D eigenvalue weighted by molar-refractivity contribution is -0.137. The molecule has 0 saturated carbocycles. The highest BCUT2D eigenvalue weighted by Crippen LogP contribution is 2.22. The Morgan fingerprint density at radius 2 is 1.86 bits per heavy atom. The van der Waals surface area contributed by atoms with Crippen molar-refractivity contribution >= 4 is 28.4 Å². The van der Waals surface area contributed by atoms with Crippen LogP contribution in [0.5, 0.6) is 5.75 Å². The average molecular weight is 301 g/mol. The van der Waals surface area contributed by atoms with Gasteiger partial charge in [-0.1, -0.05) is 30.3 Å². The van der Waals surface area contributed by atoms with Crippen LogP contribution in [0.1, 0.15) is 6.92 Å². The van der Waals surface area contributed by atoms with Crippen LogP contribution in [0.4, 0.5) is 0 Å². The van der Waals surface area contributed by atoms with Gasteiger partial charge in [-0.3, -0.25) is 4.79 Å². The van der Waals surface area contributed by atoms with Crippen LogP contribution in [0.25, 0.3) is 10.8 Å². The highest BCUT2D eigenvalue weighted by atomic mass is 32.2. The third-order valence-electron chi connectivity index (χ3n) is 3.70. The minimum absolute atomic E-state index is 0.0865. The SMILES string of the molecule is C[C@H](Oc1ccc2ccccc2c1)C(=O)N1CCSCC1. The van der Waals surface area contributed by atoms with Gasteiger partial charge in [-0.05, 0) is 29.8 Å². The topological polar surface area (TPSA) is 29.5 Å². The number of fused-ring (bicyclic) bond motifs is 1. The van der Waals surface area contributed by atoms with Crippen molar-refractivity contribution in [3.8, 4) is 5.75 Å². The molecule has 4 heteroatoms. The zero-order valence-electron chi connectivity index (χ0n) is 12.1. The lowest BCUT2D eigenvalue weighted by Crippen LogP contribution is -2.44. The summed E-state index contributed by atoms with van der Waals surface area (Å²) in [5.74, 6) is 2.88. The molecule has 1 amide bonds. The molecular weight excluding hydrogens is 282 g/mol.